The van der Waals surface area contributed by atoms with E-state index in [1.54, 1.807) is 0 Å². The highest BCUT2D eigenvalue weighted by Crippen LogP contribution is 2.32. The first-order valence-corrected chi connectivity index (χ1v) is 8.24. The number of nitrogens with zero attached hydrogens (tertiary/aromatic N) is 2. The molecule has 0 bridgehead atoms. The minimum absolute atomic E-state index is 0.790. The first-order valence-electron chi connectivity index (χ1n) is 8.24. The van der Waals surface area contributed by atoms with E-state index in [-0.39, 0.29) is 0 Å². The number of piperidine rings is 1. The Morgan fingerprint density at radius 2 is 1.56 bits per heavy atom. The highest BCUT2D eigenvalue weighted by Gasteiger charge is 2.36. The number of piperazine rings is 1. The second-order valence-electron chi connectivity index (χ2n) is 7.10. The SMILES string of the molecule is CC1CCC(N2CC3CCCCN3CC2C)CC1. The minimum Gasteiger partial charge on any atom is -0.298 e. The summed E-state index contributed by atoms with van der Waals surface area (Å²) in [6.45, 7) is 8.95. The molecular formula is C16H30N2. The second kappa shape index (κ2) is 5.50. The molecule has 2 nitrogen and oxygen atoms in total. The number of fused-ring (bicyclic) bond motifs is 1. The van der Waals surface area contributed by atoms with Crippen LogP contribution in [0, 0.1) is 5.92 Å². The van der Waals surface area contributed by atoms with Gasteiger partial charge >= 0.3 is 0 Å². The van der Waals surface area contributed by atoms with Crippen molar-refractivity contribution in [3.63, 3.8) is 0 Å². The zero-order chi connectivity index (χ0) is 12.5. The summed E-state index contributed by atoms with van der Waals surface area (Å²) in [6.07, 6.45) is 10.2. The molecule has 0 amide bonds. The van der Waals surface area contributed by atoms with Crippen molar-refractivity contribution in [2.75, 3.05) is 19.6 Å². The normalized spacial score (nSPS) is 43.7. The van der Waals surface area contributed by atoms with E-state index in [4.69, 9.17) is 0 Å². The van der Waals surface area contributed by atoms with E-state index in [1.807, 2.05) is 0 Å². The Kier molecular flexibility index (Phi) is 3.95. The van der Waals surface area contributed by atoms with Gasteiger partial charge < -0.3 is 0 Å². The fourth-order valence-electron chi connectivity index (χ4n) is 4.46. The van der Waals surface area contributed by atoms with Gasteiger partial charge in [-0.05, 0) is 57.9 Å². The van der Waals surface area contributed by atoms with E-state index in [0.717, 1.165) is 24.0 Å². The van der Waals surface area contributed by atoms with Gasteiger partial charge in [-0.2, -0.15) is 0 Å². The summed E-state index contributed by atoms with van der Waals surface area (Å²) in [6, 6.07) is 2.58. The third kappa shape index (κ3) is 2.60. The molecule has 2 aliphatic heterocycles. The molecule has 0 aromatic heterocycles. The molecule has 0 spiro atoms. The summed E-state index contributed by atoms with van der Waals surface area (Å²) >= 11 is 0. The van der Waals surface area contributed by atoms with Gasteiger partial charge in [0, 0.05) is 31.2 Å². The average molecular weight is 250 g/mol. The van der Waals surface area contributed by atoms with Crippen molar-refractivity contribution in [2.24, 2.45) is 5.92 Å². The Labute approximate surface area is 113 Å². The molecule has 1 aliphatic carbocycles. The first kappa shape index (κ1) is 12.9. The molecule has 2 heteroatoms. The Morgan fingerprint density at radius 1 is 0.778 bits per heavy atom. The van der Waals surface area contributed by atoms with E-state index < -0.39 is 0 Å². The molecule has 3 rings (SSSR count). The largest absolute Gasteiger partial charge is 0.298 e. The molecule has 2 unspecified atom stereocenters. The fraction of sp³-hybridized carbons (Fsp3) is 1.00. The van der Waals surface area contributed by atoms with Crippen molar-refractivity contribution >= 4 is 0 Å². The molecule has 104 valence electrons. The lowest BCUT2D eigenvalue weighted by atomic mass is 9.85. The quantitative estimate of drug-likeness (QED) is 0.705. The molecule has 0 radical (unpaired) electrons. The highest BCUT2D eigenvalue weighted by molar-refractivity contribution is 4.92. The molecule has 0 aromatic rings. The maximum Gasteiger partial charge on any atom is 0.0224 e. The van der Waals surface area contributed by atoms with Crippen molar-refractivity contribution in [1.82, 2.24) is 9.80 Å². The summed E-state index contributed by atoms with van der Waals surface area (Å²) in [5.74, 6) is 0.979. The molecule has 0 aromatic carbocycles. The molecule has 3 fully saturated rings. The van der Waals surface area contributed by atoms with Gasteiger partial charge in [-0.25, -0.2) is 0 Å². The number of hydrogen-bond acceptors (Lipinski definition) is 2. The van der Waals surface area contributed by atoms with Crippen LogP contribution in [0.4, 0.5) is 0 Å². The molecule has 1 saturated carbocycles. The van der Waals surface area contributed by atoms with E-state index in [2.05, 4.69) is 23.6 Å². The van der Waals surface area contributed by atoms with Gasteiger partial charge in [-0.3, -0.25) is 9.80 Å². The minimum atomic E-state index is 0.790. The standard InChI is InChI=1S/C16H30N2/c1-13-6-8-15(9-7-13)18-12-16-5-3-4-10-17(16)11-14(18)2/h13-16H,3-12H2,1-2H3. The predicted octanol–water partition coefficient (Wildman–Crippen LogP) is 3.12. The van der Waals surface area contributed by atoms with E-state index in [1.165, 1.54) is 64.6 Å². The molecule has 0 N–H and O–H groups in total. The van der Waals surface area contributed by atoms with Crippen LogP contribution in [0.5, 0.6) is 0 Å². The van der Waals surface area contributed by atoms with Crippen LogP contribution in [0.3, 0.4) is 0 Å². The van der Waals surface area contributed by atoms with Crippen LogP contribution in [-0.4, -0.2) is 47.6 Å². The maximum absolute atomic E-state index is 2.87. The van der Waals surface area contributed by atoms with Crippen molar-refractivity contribution in [3.05, 3.63) is 0 Å². The molecule has 2 heterocycles. The van der Waals surface area contributed by atoms with Crippen molar-refractivity contribution < 1.29 is 0 Å². The van der Waals surface area contributed by atoms with Crippen LogP contribution in [0.1, 0.15) is 58.8 Å². The third-order valence-electron chi connectivity index (χ3n) is 5.69. The number of rotatable bonds is 1. The third-order valence-corrected chi connectivity index (χ3v) is 5.69. The van der Waals surface area contributed by atoms with Crippen LogP contribution < -0.4 is 0 Å². The van der Waals surface area contributed by atoms with Crippen LogP contribution >= 0.6 is 0 Å². The Bertz CT molecular complexity index is 270. The first-order chi connectivity index (χ1) is 8.74. The molecule has 3 aliphatic rings. The maximum atomic E-state index is 2.87. The van der Waals surface area contributed by atoms with E-state index in [0.29, 0.717) is 0 Å². The Hall–Kier alpha value is -0.0800. The second-order valence-corrected chi connectivity index (χ2v) is 7.10. The average Bonchev–Trinajstić information content (AvgIpc) is 2.39. The van der Waals surface area contributed by atoms with Crippen LogP contribution in [0.2, 0.25) is 0 Å². The topological polar surface area (TPSA) is 6.48 Å². The number of hydrogen-bond donors (Lipinski definition) is 0. The predicted molar refractivity (Wildman–Crippen MR) is 76.8 cm³/mol. The van der Waals surface area contributed by atoms with Crippen LogP contribution in [0.15, 0.2) is 0 Å². The van der Waals surface area contributed by atoms with Gasteiger partial charge in [0.05, 0.1) is 0 Å². The van der Waals surface area contributed by atoms with E-state index >= 15 is 0 Å². The summed E-state index contributed by atoms with van der Waals surface area (Å²) < 4.78 is 0. The van der Waals surface area contributed by atoms with Gasteiger partial charge in [0.1, 0.15) is 0 Å². The van der Waals surface area contributed by atoms with Crippen LogP contribution in [-0.2, 0) is 0 Å². The lowest BCUT2D eigenvalue weighted by molar-refractivity contribution is -0.0186. The molecule has 2 atom stereocenters. The van der Waals surface area contributed by atoms with Crippen molar-refractivity contribution in [3.8, 4) is 0 Å². The smallest absolute Gasteiger partial charge is 0.0224 e. The molecular weight excluding hydrogens is 220 g/mol. The summed E-state index contributed by atoms with van der Waals surface area (Å²) in [4.78, 5) is 5.65. The zero-order valence-electron chi connectivity index (χ0n) is 12.3. The Morgan fingerprint density at radius 3 is 2.33 bits per heavy atom. The van der Waals surface area contributed by atoms with Crippen LogP contribution in [0.25, 0.3) is 0 Å². The monoisotopic (exact) mass is 250 g/mol. The fourth-order valence-corrected chi connectivity index (χ4v) is 4.46. The summed E-state index contributed by atoms with van der Waals surface area (Å²) in [7, 11) is 0. The lowest BCUT2D eigenvalue weighted by Crippen LogP contribution is -2.61. The summed E-state index contributed by atoms with van der Waals surface area (Å²) in [5, 5.41) is 0. The molecule has 18 heavy (non-hydrogen) atoms. The van der Waals surface area contributed by atoms with E-state index in [9.17, 15) is 0 Å². The van der Waals surface area contributed by atoms with Gasteiger partial charge in [-0.1, -0.05) is 13.3 Å². The highest BCUT2D eigenvalue weighted by atomic mass is 15.3. The lowest BCUT2D eigenvalue weighted by Gasteiger charge is -2.51. The summed E-state index contributed by atoms with van der Waals surface area (Å²) in [5.41, 5.74) is 0. The van der Waals surface area contributed by atoms with Gasteiger partial charge in [0.15, 0.2) is 0 Å². The van der Waals surface area contributed by atoms with Crippen molar-refractivity contribution in [2.45, 2.75) is 76.9 Å². The van der Waals surface area contributed by atoms with Gasteiger partial charge in [0.2, 0.25) is 0 Å². The van der Waals surface area contributed by atoms with Crippen molar-refractivity contribution in [1.29, 1.82) is 0 Å². The zero-order valence-corrected chi connectivity index (χ0v) is 12.3. The van der Waals surface area contributed by atoms with Gasteiger partial charge in [-0.15, -0.1) is 0 Å². The Balaban J connectivity index is 1.61. The van der Waals surface area contributed by atoms with Gasteiger partial charge in [0.25, 0.3) is 0 Å². The molecule has 2 saturated heterocycles.